The third-order valence-electron chi connectivity index (χ3n) is 3.40. The first-order chi connectivity index (χ1) is 9.79. The van der Waals surface area contributed by atoms with Crippen LogP contribution in [0.25, 0.3) is 0 Å². The molecule has 1 amide bonds. The molecule has 0 N–H and O–H groups in total. The third-order valence-corrected chi connectivity index (χ3v) is 3.40. The Morgan fingerprint density at radius 3 is 2.50 bits per heavy atom. The summed E-state index contributed by atoms with van der Waals surface area (Å²) in [6.07, 6.45) is 1.22. The van der Waals surface area contributed by atoms with E-state index in [-0.39, 0.29) is 6.09 Å². The summed E-state index contributed by atoms with van der Waals surface area (Å²) >= 11 is 0. The molecule has 108 valence electrons. The normalized spacial score (nSPS) is 15.9. The quantitative estimate of drug-likeness (QED) is 0.765. The minimum Gasteiger partial charge on any atom is -0.445 e. The highest BCUT2D eigenvalue weighted by molar-refractivity contribution is 5.67. The number of benzene rings is 1. The van der Waals surface area contributed by atoms with E-state index >= 15 is 0 Å². The zero-order valence-corrected chi connectivity index (χ0v) is 11.5. The maximum absolute atomic E-state index is 11.9. The lowest BCUT2D eigenvalue weighted by Gasteiger charge is -2.33. The molecule has 1 aromatic carbocycles. The van der Waals surface area contributed by atoms with E-state index in [1.165, 1.54) is 0 Å². The molecule has 0 bridgehead atoms. The molecule has 0 spiro atoms. The summed E-state index contributed by atoms with van der Waals surface area (Å²) in [5.41, 5.74) is 0.991. The Bertz CT molecular complexity index is 428. The van der Waals surface area contributed by atoms with E-state index in [0.29, 0.717) is 26.1 Å². The Balaban J connectivity index is 1.70. The summed E-state index contributed by atoms with van der Waals surface area (Å²) in [4.78, 5) is 26.2. The Hall–Kier alpha value is -1.88. The fourth-order valence-electron chi connectivity index (χ4n) is 2.20. The van der Waals surface area contributed by atoms with Crippen molar-refractivity contribution in [3.05, 3.63) is 35.9 Å². The van der Waals surface area contributed by atoms with Crippen molar-refractivity contribution in [2.24, 2.45) is 0 Å². The smallest absolute Gasteiger partial charge is 0.410 e. The number of piperazine rings is 1. The second kappa shape index (κ2) is 7.65. The van der Waals surface area contributed by atoms with Gasteiger partial charge in [-0.05, 0) is 5.56 Å². The average Bonchev–Trinajstić information content (AvgIpc) is 2.52. The molecule has 1 aliphatic rings. The highest BCUT2D eigenvalue weighted by atomic mass is 16.6. The van der Waals surface area contributed by atoms with E-state index < -0.39 is 0 Å². The van der Waals surface area contributed by atoms with Gasteiger partial charge in [-0.3, -0.25) is 4.90 Å². The topological polar surface area (TPSA) is 49.9 Å². The van der Waals surface area contributed by atoms with Crippen molar-refractivity contribution in [2.75, 3.05) is 32.7 Å². The van der Waals surface area contributed by atoms with Crippen LogP contribution in [-0.4, -0.2) is 54.9 Å². The van der Waals surface area contributed by atoms with Gasteiger partial charge in [0, 0.05) is 39.1 Å². The van der Waals surface area contributed by atoms with Gasteiger partial charge < -0.3 is 14.4 Å². The minimum atomic E-state index is -0.260. The van der Waals surface area contributed by atoms with Gasteiger partial charge in [-0.25, -0.2) is 4.79 Å². The molecule has 5 heteroatoms. The second-order valence-electron chi connectivity index (χ2n) is 4.82. The number of ether oxygens (including phenoxy) is 1. The lowest BCUT2D eigenvalue weighted by molar-refractivity contribution is -0.108. The van der Waals surface area contributed by atoms with Crippen molar-refractivity contribution >= 4 is 12.4 Å². The van der Waals surface area contributed by atoms with E-state index in [4.69, 9.17) is 4.74 Å². The van der Waals surface area contributed by atoms with Crippen LogP contribution in [0.1, 0.15) is 12.0 Å². The predicted octanol–water partition coefficient (Wildman–Crippen LogP) is 1.53. The Morgan fingerprint density at radius 2 is 1.85 bits per heavy atom. The van der Waals surface area contributed by atoms with Gasteiger partial charge in [-0.1, -0.05) is 30.3 Å². The SMILES string of the molecule is O=CCCN1CCN(C(=O)OCc2ccccc2)CC1. The third kappa shape index (κ3) is 4.35. The van der Waals surface area contributed by atoms with Crippen molar-refractivity contribution in [1.82, 2.24) is 9.80 Å². The molecule has 5 nitrogen and oxygen atoms in total. The summed E-state index contributed by atoms with van der Waals surface area (Å²) in [6.45, 7) is 4.00. The summed E-state index contributed by atoms with van der Waals surface area (Å²) in [5, 5.41) is 0. The molecule has 0 atom stereocenters. The predicted molar refractivity (Wildman–Crippen MR) is 75.3 cm³/mol. The number of hydrogen-bond donors (Lipinski definition) is 0. The molecule has 1 heterocycles. The van der Waals surface area contributed by atoms with Crippen LogP contribution in [0.3, 0.4) is 0 Å². The van der Waals surface area contributed by atoms with Crippen molar-refractivity contribution in [3.63, 3.8) is 0 Å². The molecular weight excluding hydrogens is 256 g/mol. The first-order valence-electron chi connectivity index (χ1n) is 6.91. The summed E-state index contributed by atoms with van der Waals surface area (Å²) in [5.74, 6) is 0. The standard InChI is InChI=1S/C15H20N2O3/c18-12-4-7-16-8-10-17(11-9-16)15(19)20-13-14-5-2-1-3-6-14/h1-3,5-6,12H,4,7-11,13H2. The van der Waals surface area contributed by atoms with E-state index in [1.54, 1.807) is 4.90 Å². The molecule has 0 radical (unpaired) electrons. The highest BCUT2D eigenvalue weighted by Gasteiger charge is 2.21. The maximum Gasteiger partial charge on any atom is 0.410 e. The number of aldehydes is 1. The van der Waals surface area contributed by atoms with Crippen molar-refractivity contribution in [1.29, 1.82) is 0 Å². The monoisotopic (exact) mass is 276 g/mol. The molecule has 0 aliphatic carbocycles. The molecule has 0 unspecified atom stereocenters. The lowest BCUT2D eigenvalue weighted by atomic mass is 10.2. The van der Waals surface area contributed by atoms with Crippen LogP contribution < -0.4 is 0 Å². The average molecular weight is 276 g/mol. The van der Waals surface area contributed by atoms with Gasteiger partial charge in [0.2, 0.25) is 0 Å². The van der Waals surface area contributed by atoms with Crippen LogP contribution >= 0.6 is 0 Å². The molecule has 1 fully saturated rings. The summed E-state index contributed by atoms with van der Waals surface area (Å²) < 4.78 is 5.30. The van der Waals surface area contributed by atoms with Gasteiger partial charge in [0.1, 0.15) is 12.9 Å². The molecule has 1 aromatic rings. The Labute approximate surface area is 119 Å². The van der Waals surface area contributed by atoms with Crippen molar-refractivity contribution in [3.8, 4) is 0 Å². The van der Waals surface area contributed by atoms with E-state index in [9.17, 15) is 9.59 Å². The Kier molecular flexibility index (Phi) is 5.55. The van der Waals surface area contributed by atoms with Gasteiger partial charge in [0.15, 0.2) is 0 Å². The number of rotatable bonds is 5. The highest BCUT2D eigenvalue weighted by Crippen LogP contribution is 2.07. The van der Waals surface area contributed by atoms with Crippen LogP contribution in [0.15, 0.2) is 30.3 Å². The molecule has 2 rings (SSSR count). The number of carbonyl (C=O) groups is 2. The minimum absolute atomic E-state index is 0.260. The number of nitrogens with zero attached hydrogens (tertiary/aromatic N) is 2. The van der Waals surface area contributed by atoms with Crippen LogP contribution in [0.4, 0.5) is 4.79 Å². The van der Waals surface area contributed by atoms with Gasteiger partial charge in [-0.15, -0.1) is 0 Å². The van der Waals surface area contributed by atoms with Gasteiger partial charge in [0.05, 0.1) is 0 Å². The molecule has 1 saturated heterocycles. The molecule has 0 saturated carbocycles. The zero-order valence-electron chi connectivity index (χ0n) is 11.5. The molecular formula is C15H20N2O3. The maximum atomic E-state index is 11.9. The largest absolute Gasteiger partial charge is 0.445 e. The first kappa shape index (κ1) is 14.5. The molecule has 1 aliphatic heterocycles. The van der Waals surface area contributed by atoms with Crippen molar-refractivity contribution < 1.29 is 14.3 Å². The van der Waals surface area contributed by atoms with E-state index in [2.05, 4.69) is 4.90 Å². The van der Waals surface area contributed by atoms with Gasteiger partial charge in [0.25, 0.3) is 0 Å². The Morgan fingerprint density at radius 1 is 1.15 bits per heavy atom. The number of hydrogen-bond acceptors (Lipinski definition) is 4. The van der Waals surface area contributed by atoms with Crippen LogP contribution in [0.5, 0.6) is 0 Å². The fourth-order valence-corrected chi connectivity index (χ4v) is 2.20. The lowest BCUT2D eigenvalue weighted by Crippen LogP contribution is -2.49. The fraction of sp³-hybridized carbons (Fsp3) is 0.467. The van der Waals surface area contributed by atoms with Crippen LogP contribution in [0, 0.1) is 0 Å². The second-order valence-corrected chi connectivity index (χ2v) is 4.82. The van der Waals surface area contributed by atoms with Crippen LogP contribution in [0.2, 0.25) is 0 Å². The van der Waals surface area contributed by atoms with E-state index in [0.717, 1.165) is 31.5 Å². The molecule has 20 heavy (non-hydrogen) atoms. The summed E-state index contributed by atoms with van der Waals surface area (Å²) in [7, 11) is 0. The molecule has 0 aromatic heterocycles. The summed E-state index contributed by atoms with van der Waals surface area (Å²) in [6, 6.07) is 9.66. The van der Waals surface area contributed by atoms with Gasteiger partial charge >= 0.3 is 6.09 Å². The van der Waals surface area contributed by atoms with Gasteiger partial charge in [-0.2, -0.15) is 0 Å². The zero-order chi connectivity index (χ0) is 14.2. The van der Waals surface area contributed by atoms with E-state index in [1.807, 2.05) is 30.3 Å². The number of amides is 1. The first-order valence-corrected chi connectivity index (χ1v) is 6.91. The van der Waals surface area contributed by atoms with Crippen LogP contribution in [-0.2, 0) is 16.1 Å². The number of carbonyl (C=O) groups excluding carboxylic acids is 2. The van der Waals surface area contributed by atoms with Crippen molar-refractivity contribution in [2.45, 2.75) is 13.0 Å².